The second kappa shape index (κ2) is 9.24. The zero-order valence-corrected chi connectivity index (χ0v) is 17.0. The van der Waals surface area contributed by atoms with Crippen LogP contribution in [0, 0.1) is 0 Å². The Morgan fingerprint density at radius 1 is 1.14 bits per heavy atom. The third-order valence-corrected chi connectivity index (χ3v) is 4.44. The molecule has 8 nitrogen and oxygen atoms in total. The van der Waals surface area contributed by atoms with Gasteiger partial charge in [-0.2, -0.15) is 9.78 Å². The topological polar surface area (TPSA) is 103 Å². The number of rotatable bonds is 7. The van der Waals surface area contributed by atoms with Gasteiger partial charge in [0.1, 0.15) is 18.1 Å². The number of carbonyl (C=O) groups excluding carboxylic acids is 1. The quantitative estimate of drug-likeness (QED) is 0.526. The fourth-order valence-electron chi connectivity index (χ4n) is 2.47. The maximum atomic E-state index is 12.4. The highest BCUT2D eigenvalue weighted by atomic mass is 79.9. The second-order valence-electron chi connectivity index (χ2n) is 5.88. The van der Waals surface area contributed by atoms with E-state index in [1.807, 2.05) is 0 Å². The fourth-order valence-corrected chi connectivity index (χ4v) is 2.73. The van der Waals surface area contributed by atoms with Gasteiger partial charge in [-0.1, -0.05) is 15.9 Å². The molecule has 0 aliphatic heterocycles. The van der Waals surface area contributed by atoms with Gasteiger partial charge in [-0.25, -0.2) is 0 Å². The normalized spacial score (nSPS) is 10.4. The Hall–Kier alpha value is -3.33. The molecular weight excluding hydrogens is 442 g/mol. The van der Waals surface area contributed by atoms with Crippen LogP contribution < -0.4 is 20.3 Å². The van der Waals surface area contributed by atoms with Gasteiger partial charge in [0.05, 0.1) is 19.3 Å². The van der Waals surface area contributed by atoms with Gasteiger partial charge < -0.3 is 19.9 Å². The van der Waals surface area contributed by atoms with Crippen molar-refractivity contribution < 1.29 is 19.4 Å². The summed E-state index contributed by atoms with van der Waals surface area (Å²) in [6.07, 6.45) is 0. The zero-order valence-electron chi connectivity index (χ0n) is 15.5. The van der Waals surface area contributed by atoms with Crippen LogP contribution >= 0.6 is 15.9 Å². The molecule has 3 rings (SSSR count). The lowest BCUT2D eigenvalue weighted by Gasteiger charge is -2.10. The fraction of sp³-hybridized carbons (Fsp3) is 0.150. The van der Waals surface area contributed by atoms with E-state index in [0.717, 1.165) is 15.2 Å². The standard InChI is InChI=1S/C20H18BrN3O5/c1-28-15-6-8-16(9-7-15)29-11-10-22-20(27)19-17(25)12-18(26)24(23-19)14-4-2-13(21)3-5-14/h2-9,12,25H,10-11H2,1H3,(H,22,27). The number of aromatic nitrogens is 2. The smallest absolute Gasteiger partial charge is 0.275 e. The number of amides is 1. The lowest BCUT2D eigenvalue weighted by Crippen LogP contribution is -2.31. The van der Waals surface area contributed by atoms with E-state index in [0.29, 0.717) is 17.2 Å². The number of halogens is 1. The molecule has 1 heterocycles. The van der Waals surface area contributed by atoms with E-state index in [-0.39, 0.29) is 18.8 Å². The molecule has 2 N–H and O–H groups in total. The van der Waals surface area contributed by atoms with Gasteiger partial charge in [-0.3, -0.25) is 9.59 Å². The third kappa shape index (κ3) is 5.14. The van der Waals surface area contributed by atoms with Crippen molar-refractivity contribution in [3.63, 3.8) is 0 Å². The van der Waals surface area contributed by atoms with E-state index in [2.05, 4.69) is 26.3 Å². The molecule has 0 aliphatic carbocycles. The molecule has 0 bridgehead atoms. The van der Waals surface area contributed by atoms with Crippen molar-refractivity contribution in [1.82, 2.24) is 15.1 Å². The molecule has 0 spiro atoms. The molecule has 3 aromatic rings. The van der Waals surface area contributed by atoms with Gasteiger partial charge >= 0.3 is 0 Å². The molecular formula is C20H18BrN3O5. The van der Waals surface area contributed by atoms with Gasteiger partial charge in [0.15, 0.2) is 11.4 Å². The number of benzene rings is 2. The van der Waals surface area contributed by atoms with Crippen molar-refractivity contribution in [2.24, 2.45) is 0 Å². The molecule has 1 amide bonds. The van der Waals surface area contributed by atoms with Crippen LogP contribution in [-0.2, 0) is 0 Å². The predicted molar refractivity (Wildman–Crippen MR) is 110 cm³/mol. The lowest BCUT2D eigenvalue weighted by atomic mass is 10.3. The van der Waals surface area contributed by atoms with Crippen molar-refractivity contribution in [2.75, 3.05) is 20.3 Å². The van der Waals surface area contributed by atoms with Crippen molar-refractivity contribution in [3.05, 3.63) is 75.1 Å². The van der Waals surface area contributed by atoms with Crippen LogP contribution in [0.5, 0.6) is 17.2 Å². The summed E-state index contributed by atoms with van der Waals surface area (Å²) in [6, 6.07) is 14.8. The summed E-state index contributed by atoms with van der Waals surface area (Å²) in [5.74, 6) is 0.238. The molecule has 9 heteroatoms. The maximum absolute atomic E-state index is 12.4. The Balaban J connectivity index is 1.64. The molecule has 0 fully saturated rings. The first-order valence-corrected chi connectivity index (χ1v) is 9.41. The zero-order chi connectivity index (χ0) is 20.8. The first-order valence-electron chi connectivity index (χ1n) is 8.62. The predicted octanol–water partition coefficient (Wildman–Crippen LogP) is 2.52. The molecule has 0 aliphatic rings. The van der Waals surface area contributed by atoms with Crippen LogP contribution in [0.15, 0.2) is 63.9 Å². The number of methoxy groups -OCH3 is 1. The van der Waals surface area contributed by atoms with E-state index >= 15 is 0 Å². The first-order chi connectivity index (χ1) is 14.0. The molecule has 0 saturated heterocycles. The molecule has 150 valence electrons. The number of ether oxygens (including phenoxy) is 2. The Kier molecular flexibility index (Phi) is 6.50. The van der Waals surface area contributed by atoms with E-state index in [9.17, 15) is 14.7 Å². The second-order valence-corrected chi connectivity index (χ2v) is 6.80. The largest absolute Gasteiger partial charge is 0.505 e. The molecule has 29 heavy (non-hydrogen) atoms. The third-order valence-electron chi connectivity index (χ3n) is 3.91. The monoisotopic (exact) mass is 459 g/mol. The number of nitrogens with one attached hydrogen (secondary N) is 1. The number of aromatic hydroxyl groups is 1. The van der Waals surface area contributed by atoms with Crippen LogP contribution in [0.1, 0.15) is 10.5 Å². The Morgan fingerprint density at radius 3 is 2.45 bits per heavy atom. The number of hydrogen-bond donors (Lipinski definition) is 2. The summed E-state index contributed by atoms with van der Waals surface area (Å²) in [5.41, 5.74) is -0.337. The summed E-state index contributed by atoms with van der Waals surface area (Å²) in [6.45, 7) is 0.397. The van der Waals surface area contributed by atoms with E-state index in [1.165, 1.54) is 0 Å². The van der Waals surface area contributed by atoms with Crippen molar-refractivity contribution in [3.8, 4) is 22.9 Å². The molecule has 0 saturated carbocycles. The highest BCUT2D eigenvalue weighted by Crippen LogP contribution is 2.17. The minimum Gasteiger partial charge on any atom is -0.505 e. The Labute approximate surface area is 174 Å². The van der Waals surface area contributed by atoms with Crippen LogP contribution in [0.2, 0.25) is 0 Å². The summed E-state index contributed by atoms with van der Waals surface area (Å²) >= 11 is 3.32. The van der Waals surface area contributed by atoms with Gasteiger partial charge in [0.2, 0.25) is 0 Å². The highest BCUT2D eigenvalue weighted by Gasteiger charge is 2.16. The van der Waals surface area contributed by atoms with Gasteiger partial charge in [-0.05, 0) is 48.5 Å². The van der Waals surface area contributed by atoms with E-state index in [1.54, 1.807) is 55.6 Å². The number of hydrogen-bond acceptors (Lipinski definition) is 6. The summed E-state index contributed by atoms with van der Waals surface area (Å²) in [7, 11) is 1.58. The molecule has 0 unspecified atom stereocenters. The Morgan fingerprint density at radius 2 is 1.79 bits per heavy atom. The SMILES string of the molecule is COc1ccc(OCCNC(=O)c2nn(-c3ccc(Br)cc3)c(=O)cc2O)cc1. The summed E-state index contributed by atoms with van der Waals surface area (Å²) in [5, 5.41) is 16.6. The van der Waals surface area contributed by atoms with Crippen LogP contribution in [0.4, 0.5) is 0 Å². The maximum Gasteiger partial charge on any atom is 0.275 e. The van der Waals surface area contributed by atoms with E-state index in [4.69, 9.17) is 9.47 Å². The number of carbonyl (C=O) groups is 1. The highest BCUT2D eigenvalue weighted by molar-refractivity contribution is 9.10. The number of nitrogens with zero attached hydrogens (tertiary/aromatic N) is 2. The molecule has 0 radical (unpaired) electrons. The first kappa shape index (κ1) is 20.4. The molecule has 2 aromatic carbocycles. The average molecular weight is 460 g/mol. The van der Waals surface area contributed by atoms with Gasteiger partial charge in [0.25, 0.3) is 11.5 Å². The van der Waals surface area contributed by atoms with Crippen molar-refractivity contribution in [2.45, 2.75) is 0 Å². The minimum atomic E-state index is -0.619. The molecule has 1 aromatic heterocycles. The van der Waals surface area contributed by atoms with Crippen LogP contribution in [-0.4, -0.2) is 41.1 Å². The van der Waals surface area contributed by atoms with Crippen LogP contribution in [0.25, 0.3) is 5.69 Å². The lowest BCUT2D eigenvalue weighted by molar-refractivity contribution is 0.0937. The minimum absolute atomic E-state index is 0.184. The average Bonchev–Trinajstić information content (AvgIpc) is 2.72. The summed E-state index contributed by atoms with van der Waals surface area (Å²) in [4.78, 5) is 24.5. The van der Waals surface area contributed by atoms with Gasteiger partial charge in [-0.15, -0.1) is 0 Å². The Bertz CT molecular complexity index is 1050. The van der Waals surface area contributed by atoms with Crippen LogP contribution in [0.3, 0.4) is 0 Å². The summed E-state index contributed by atoms with van der Waals surface area (Å²) < 4.78 is 12.5. The van der Waals surface area contributed by atoms with Gasteiger partial charge in [0, 0.05) is 10.5 Å². The molecule has 0 atom stereocenters. The van der Waals surface area contributed by atoms with Crippen molar-refractivity contribution in [1.29, 1.82) is 0 Å². The van der Waals surface area contributed by atoms with Crippen molar-refractivity contribution >= 4 is 21.8 Å². The van der Waals surface area contributed by atoms with E-state index < -0.39 is 17.2 Å².